The van der Waals surface area contributed by atoms with Crippen molar-refractivity contribution in [3.8, 4) is 5.75 Å². The monoisotopic (exact) mass is 411 g/mol. The molecule has 1 aromatic carbocycles. The van der Waals surface area contributed by atoms with Crippen molar-refractivity contribution in [2.75, 3.05) is 31.6 Å². The number of hydrogen-bond acceptors (Lipinski definition) is 6. The van der Waals surface area contributed by atoms with E-state index >= 15 is 0 Å². The SMILES string of the molecule is CCN(CCC(=O)N1CCC[C@@H]1c1ncc(C(N)=O)c(C)n1)c1cccc(OC)c1. The number of carbonyl (C=O) groups excluding carboxylic acids is 2. The van der Waals surface area contributed by atoms with Gasteiger partial charge in [-0.25, -0.2) is 9.97 Å². The van der Waals surface area contributed by atoms with Gasteiger partial charge < -0.3 is 20.3 Å². The Morgan fingerprint density at radius 2 is 2.17 bits per heavy atom. The quantitative estimate of drug-likeness (QED) is 0.716. The molecule has 2 heterocycles. The third-order valence-electron chi connectivity index (χ3n) is 5.53. The first-order chi connectivity index (χ1) is 14.4. The van der Waals surface area contributed by atoms with Crippen LogP contribution in [-0.4, -0.2) is 53.4 Å². The summed E-state index contributed by atoms with van der Waals surface area (Å²) < 4.78 is 5.31. The second kappa shape index (κ2) is 9.56. The summed E-state index contributed by atoms with van der Waals surface area (Å²) in [5.41, 5.74) is 7.23. The number of amides is 2. The highest BCUT2D eigenvalue weighted by atomic mass is 16.5. The fourth-order valence-corrected chi connectivity index (χ4v) is 3.87. The average Bonchev–Trinajstić information content (AvgIpc) is 3.24. The summed E-state index contributed by atoms with van der Waals surface area (Å²) in [6.45, 7) is 5.90. The van der Waals surface area contributed by atoms with Gasteiger partial charge in [-0.1, -0.05) is 6.07 Å². The zero-order chi connectivity index (χ0) is 21.7. The molecule has 0 bridgehead atoms. The van der Waals surface area contributed by atoms with Crippen LogP contribution in [0, 0.1) is 6.92 Å². The Kier molecular flexibility index (Phi) is 6.87. The zero-order valence-electron chi connectivity index (χ0n) is 17.8. The number of aryl methyl sites for hydroxylation is 1. The Bertz CT molecular complexity index is 917. The number of benzene rings is 1. The number of nitrogens with two attached hydrogens (primary N) is 1. The van der Waals surface area contributed by atoms with E-state index in [0.29, 0.717) is 36.6 Å². The van der Waals surface area contributed by atoms with E-state index in [4.69, 9.17) is 10.5 Å². The molecular formula is C22H29N5O3. The van der Waals surface area contributed by atoms with Crippen molar-refractivity contribution >= 4 is 17.5 Å². The van der Waals surface area contributed by atoms with E-state index in [0.717, 1.165) is 30.8 Å². The van der Waals surface area contributed by atoms with Crippen LogP contribution in [0.3, 0.4) is 0 Å². The van der Waals surface area contributed by atoms with E-state index in [2.05, 4.69) is 21.8 Å². The zero-order valence-corrected chi connectivity index (χ0v) is 17.8. The van der Waals surface area contributed by atoms with Crippen LogP contribution in [0.1, 0.15) is 54.1 Å². The molecular weight excluding hydrogens is 382 g/mol. The van der Waals surface area contributed by atoms with E-state index < -0.39 is 5.91 Å². The predicted octanol–water partition coefficient (Wildman–Crippen LogP) is 2.47. The third-order valence-corrected chi connectivity index (χ3v) is 5.53. The van der Waals surface area contributed by atoms with Gasteiger partial charge in [-0.05, 0) is 38.8 Å². The van der Waals surface area contributed by atoms with Crippen molar-refractivity contribution in [2.45, 2.75) is 39.2 Å². The molecule has 1 saturated heterocycles. The lowest BCUT2D eigenvalue weighted by Gasteiger charge is -2.27. The highest BCUT2D eigenvalue weighted by Crippen LogP contribution is 2.31. The summed E-state index contributed by atoms with van der Waals surface area (Å²) in [5.74, 6) is 0.905. The molecule has 8 nitrogen and oxygen atoms in total. The van der Waals surface area contributed by atoms with Crippen LogP contribution in [0.5, 0.6) is 5.75 Å². The molecule has 1 fully saturated rings. The predicted molar refractivity (Wildman–Crippen MR) is 114 cm³/mol. The van der Waals surface area contributed by atoms with Crippen LogP contribution in [0.15, 0.2) is 30.5 Å². The Hall–Kier alpha value is -3.16. The van der Waals surface area contributed by atoms with Crippen molar-refractivity contribution < 1.29 is 14.3 Å². The number of likely N-dealkylation sites (tertiary alicyclic amines) is 1. The highest BCUT2D eigenvalue weighted by molar-refractivity contribution is 5.93. The molecule has 3 rings (SSSR count). The lowest BCUT2D eigenvalue weighted by atomic mass is 10.1. The number of anilines is 1. The number of hydrogen-bond donors (Lipinski definition) is 1. The van der Waals surface area contributed by atoms with E-state index in [-0.39, 0.29) is 11.9 Å². The minimum Gasteiger partial charge on any atom is -0.497 e. The first-order valence-corrected chi connectivity index (χ1v) is 10.3. The lowest BCUT2D eigenvalue weighted by molar-refractivity contribution is -0.132. The second-order valence-corrected chi connectivity index (χ2v) is 7.37. The molecule has 0 radical (unpaired) electrons. The lowest BCUT2D eigenvalue weighted by Crippen LogP contribution is -2.35. The number of nitrogens with zero attached hydrogens (tertiary/aromatic N) is 4. The van der Waals surface area contributed by atoms with Gasteiger partial charge in [-0.3, -0.25) is 9.59 Å². The molecule has 30 heavy (non-hydrogen) atoms. The standard InChI is InChI=1S/C22H29N5O3/c1-4-26(16-7-5-8-17(13-16)30-3)12-10-20(28)27-11-6-9-19(27)22-24-14-18(21(23)29)15(2)25-22/h5,7-8,13-14,19H,4,6,9-12H2,1-3H3,(H2,23,29)/t19-/m1/s1. The topological polar surface area (TPSA) is 102 Å². The van der Waals surface area contributed by atoms with Gasteiger partial charge in [0.05, 0.1) is 24.4 Å². The van der Waals surface area contributed by atoms with Gasteiger partial charge in [0.15, 0.2) is 5.82 Å². The van der Waals surface area contributed by atoms with Crippen molar-refractivity contribution in [2.24, 2.45) is 5.73 Å². The van der Waals surface area contributed by atoms with Gasteiger partial charge in [0.1, 0.15) is 5.75 Å². The van der Waals surface area contributed by atoms with Crippen LogP contribution in [-0.2, 0) is 4.79 Å². The number of carbonyl (C=O) groups is 2. The molecule has 0 saturated carbocycles. The maximum absolute atomic E-state index is 13.0. The summed E-state index contributed by atoms with van der Waals surface area (Å²) >= 11 is 0. The van der Waals surface area contributed by atoms with E-state index in [1.807, 2.05) is 29.2 Å². The van der Waals surface area contributed by atoms with Gasteiger partial charge in [0, 0.05) is 44.0 Å². The van der Waals surface area contributed by atoms with Gasteiger partial charge in [-0.2, -0.15) is 0 Å². The number of methoxy groups -OCH3 is 1. The molecule has 1 aromatic heterocycles. The van der Waals surface area contributed by atoms with E-state index in [9.17, 15) is 9.59 Å². The molecule has 1 aliphatic heterocycles. The maximum Gasteiger partial charge on any atom is 0.252 e. The van der Waals surface area contributed by atoms with Crippen LogP contribution in [0.4, 0.5) is 5.69 Å². The first kappa shape index (κ1) is 21.5. The van der Waals surface area contributed by atoms with Gasteiger partial charge in [0.2, 0.25) is 5.91 Å². The number of aromatic nitrogens is 2. The van der Waals surface area contributed by atoms with Crippen molar-refractivity contribution in [1.82, 2.24) is 14.9 Å². The Morgan fingerprint density at radius 1 is 1.37 bits per heavy atom. The Labute approximate surface area is 177 Å². The molecule has 2 amide bonds. The number of ether oxygens (including phenoxy) is 1. The summed E-state index contributed by atoms with van der Waals surface area (Å²) in [5, 5.41) is 0. The number of primary amides is 1. The average molecular weight is 412 g/mol. The largest absolute Gasteiger partial charge is 0.497 e. The summed E-state index contributed by atoms with van der Waals surface area (Å²) in [4.78, 5) is 37.2. The summed E-state index contributed by atoms with van der Waals surface area (Å²) in [6, 6.07) is 7.69. The Balaban J connectivity index is 1.68. The normalized spacial score (nSPS) is 15.8. The van der Waals surface area contributed by atoms with E-state index in [1.54, 1.807) is 14.0 Å². The fourth-order valence-electron chi connectivity index (χ4n) is 3.87. The summed E-state index contributed by atoms with van der Waals surface area (Å²) in [6.07, 6.45) is 3.58. The first-order valence-electron chi connectivity index (χ1n) is 10.3. The highest BCUT2D eigenvalue weighted by Gasteiger charge is 2.32. The minimum absolute atomic E-state index is 0.0825. The molecule has 8 heteroatoms. The number of rotatable bonds is 8. The van der Waals surface area contributed by atoms with Crippen LogP contribution >= 0.6 is 0 Å². The molecule has 1 atom stereocenters. The molecule has 2 N–H and O–H groups in total. The van der Waals surface area contributed by atoms with Crippen LogP contribution < -0.4 is 15.4 Å². The smallest absolute Gasteiger partial charge is 0.252 e. The van der Waals surface area contributed by atoms with Crippen LogP contribution in [0.2, 0.25) is 0 Å². The van der Waals surface area contributed by atoms with Crippen molar-refractivity contribution in [3.63, 3.8) is 0 Å². The molecule has 0 spiro atoms. The van der Waals surface area contributed by atoms with Crippen molar-refractivity contribution in [3.05, 3.63) is 47.5 Å². The van der Waals surface area contributed by atoms with Gasteiger partial charge >= 0.3 is 0 Å². The molecule has 0 unspecified atom stereocenters. The fraction of sp³-hybridized carbons (Fsp3) is 0.455. The van der Waals surface area contributed by atoms with Gasteiger partial charge in [-0.15, -0.1) is 0 Å². The molecule has 0 aliphatic carbocycles. The molecule has 1 aliphatic rings. The minimum atomic E-state index is -0.546. The summed E-state index contributed by atoms with van der Waals surface area (Å²) in [7, 11) is 1.65. The third kappa shape index (κ3) is 4.69. The van der Waals surface area contributed by atoms with Gasteiger partial charge in [0.25, 0.3) is 5.91 Å². The maximum atomic E-state index is 13.0. The Morgan fingerprint density at radius 3 is 2.83 bits per heavy atom. The van der Waals surface area contributed by atoms with Crippen molar-refractivity contribution in [1.29, 1.82) is 0 Å². The second-order valence-electron chi connectivity index (χ2n) is 7.37. The van der Waals surface area contributed by atoms with E-state index in [1.165, 1.54) is 6.20 Å². The molecule has 2 aromatic rings. The molecule has 160 valence electrons. The van der Waals surface area contributed by atoms with Crippen LogP contribution in [0.25, 0.3) is 0 Å².